The summed E-state index contributed by atoms with van der Waals surface area (Å²) in [5, 5.41) is 7.98. The highest BCUT2D eigenvalue weighted by Gasteiger charge is 1.67. The van der Waals surface area contributed by atoms with E-state index < -0.39 is 0 Å². The third-order valence-electron chi connectivity index (χ3n) is 0.385. The molecule has 0 aliphatic rings. The summed E-state index contributed by atoms with van der Waals surface area (Å²) in [6.45, 7) is 0.0282. The van der Waals surface area contributed by atoms with Crippen LogP contribution < -0.4 is 0 Å². The summed E-state index contributed by atoms with van der Waals surface area (Å²) in [6, 6.07) is 0. The molecule has 0 bridgehead atoms. The fourth-order valence-corrected chi connectivity index (χ4v) is 0.138. The van der Waals surface area contributed by atoms with Crippen molar-refractivity contribution in [3.8, 4) is 0 Å². The minimum atomic E-state index is 0.0282. The van der Waals surface area contributed by atoms with Crippen LogP contribution in [0, 0.1) is 0 Å². The lowest BCUT2D eigenvalue weighted by atomic mass is 10.5. The second-order valence-electron chi connectivity index (χ2n) is 0.874. The standard InChI is InChI=1S/C4H7FO/c5-3-1-2-4-6/h1,3,6H,2,4H2. The Morgan fingerprint density at radius 2 is 2.33 bits per heavy atom. The van der Waals surface area contributed by atoms with Crippen LogP contribution in [-0.4, -0.2) is 11.7 Å². The first-order valence-corrected chi connectivity index (χ1v) is 1.78. The van der Waals surface area contributed by atoms with Crippen molar-refractivity contribution in [3.63, 3.8) is 0 Å². The van der Waals surface area contributed by atoms with Gasteiger partial charge in [0.2, 0.25) is 0 Å². The Balaban J connectivity index is 2.66. The smallest absolute Gasteiger partial charge is 0.0827 e. The van der Waals surface area contributed by atoms with E-state index in [0.29, 0.717) is 12.8 Å². The van der Waals surface area contributed by atoms with Gasteiger partial charge in [-0.25, -0.2) is 4.39 Å². The van der Waals surface area contributed by atoms with Crippen LogP contribution in [0.1, 0.15) is 6.42 Å². The molecule has 0 aliphatic heterocycles. The van der Waals surface area contributed by atoms with Crippen molar-refractivity contribution in [1.82, 2.24) is 0 Å². The molecule has 0 atom stereocenters. The van der Waals surface area contributed by atoms with Crippen LogP contribution in [0.15, 0.2) is 12.4 Å². The molecular weight excluding hydrogens is 83.0 g/mol. The van der Waals surface area contributed by atoms with Crippen LogP contribution in [0.5, 0.6) is 0 Å². The zero-order chi connectivity index (χ0) is 4.83. The molecule has 0 saturated heterocycles. The molecule has 1 nitrogen and oxygen atoms in total. The summed E-state index contributed by atoms with van der Waals surface area (Å²) in [5.41, 5.74) is 0. The summed E-state index contributed by atoms with van der Waals surface area (Å²) in [6.07, 6.45) is 2.10. The molecule has 0 heterocycles. The van der Waals surface area contributed by atoms with Gasteiger partial charge in [-0.1, -0.05) is 6.08 Å². The SMILES string of the molecule is OCCC=CF. The quantitative estimate of drug-likeness (QED) is 0.533. The molecule has 0 saturated carbocycles. The maximum Gasteiger partial charge on any atom is 0.0827 e. The molecule has 2 heteroatoms. The van der Waals surface area contributed by atoms with E-state index >= 15 is 0 Å². The molecule has 0 aromatic heterocycles. The predicted molar refractivity (Wildman–Crippen MR) is 22.0 cm³/mol. The number of rotatable bonds is 2. The van der Waals surface area contributed by atoms with Crippen molar-refractivity contribution < 1.29 is 9.50 Å². The molecule has 0 aromatic rings. The van der Waals surface area contributed by atoms with Gasteiger partial charge < -0.3 is 5.11 Å². The van der Waals surface area contributed by atoms with Gasteiger partial charge in [0.05, 0.1) is 6.33 Å². The van der Waals surface area contributed by atoms with Crippen molar-refractivity contribution in [2.45, 2.75) is 6.42 Å². The van der Waals surface area contributed by atoms with Gasteiger partial charge >= 0.3 is 0 Å². The van der Waals surface area contributed by atoms with Crippen molar-refractivity contribution in [3.05, 3.63) is 12.4 Å². The predicted octanol–water partition coefficient (Wildman–Crippen LogP) is 0.852. The van der Waals surface area contributed by atoms with E-state index in [2.05, 4.69) is 0 Å². The lowest BCUT2D eigenvalue weighted by molar-refractivity contribution is 0.302. The molecule has 0 aliphatic carbocycles. The van der Waals surface area contributed by atoms with E-state index in [9.17, 15) is 4.39 Å². The second-order valence-corrected chi connectivity index (χ2v) is 0.874. The molecule has 6 heavy (non-hydrogen) atoms. The van der Waals surface area contributed by atoms with Crippen LogP contribution in [-0.2, 0) is 0 Å². The topological polar surface area (TPSA) is 20.2 Å². The Morgan fingerprint density at radius 3 is 2.50 bits per heavy atom. The van der Waals surface area contributed by atoms with Crippen molar-refractivity contribution in [2.75, 3.05) is 6.61 Å². The van der Waals surface area contributed by atoms with Crippen LogP contribution >= 0.6 is 0 Å². The number of hydrogen-bond acceptors (Lipinski definition) is 1. The fraction of sp³-hybridized carbons (Fsp3) is 0.500. The third-order valence-corrected chi connectivity index (χ3v) is 0.385. The van der Waals surface area contributed by atoms with E-state index in [4.69, 9.17) is 5.11 Å². The number of halogens is 1. The second kappa shape index (κ2) is 4.63. The summed E-state index contributed by atoms with van der Waals surface area (Å²) in [5.74, 6) is 0. The molecule has 0 fully saturated rings. The fourth-order valence-electron chi connectivity index (χ4n) is 0.138. The van der Waals surface area contributed by atoms with Crippen LogP contribution in [0.2, 0.25) is 0 Å². The molecule has 0 unspecified atom stereocenters. The Kier molecular flexibility index (Phi) is 4.34. The molecular formula is C4H7FO. The van der Waals surface area contributed by atoms with Gasteiger partial charge in [-0.2, -0.15) is 0 Å². The summed E-state index contributed by atoms with van der Waals surface area (Å²) >= 11 is 0. The molecule has 0 aromatic carbocycles. The first-order chi connectivity index (χ1) is 2.91. The highest BCUT2D eigenvalue weighted by atomic mass is 19.1. The normalized spacial score (nSPS) is 10.3. The van der Waals surface area contributed by atoms with Crippen molar-refractivity contribution in [1.29, 1.82) is 0 Å². The van der Waals surface area contributed by atoms with E-state index in [0.717, 1.165) is 0 Å². The zero-order valence-electron chi connectivity index (χ0n) is 3.39. The molecule has 1 N–H and O–H groups in total. The van der Waals surface area contributed by atoms with Gasteiger partial charge in [0.25, 0.3) is 0 Å². The minimum absolute atomic E-state index is 0.0282. The molecule has 0 radical (unpaired) electrons. The van der Waals surface area contributed by atoms with Crippen molar-refractivity contribution >= 4 is 0 Å². The van der Waals surface area contributed by atoms with Crippen LogP contribution in [0.3, 0.4) is 0 Å². The highest BCUT2D eigenvalue weighted by molar-refractivity contribution is 4.70. The van der Waals surface area contributed by atoms with Gasteiger partial charge in [0.15, 0.2) is 0 Å². The van der Waals surface area contributed by atoms with E-state index in [1.54, 1.807) is 0 Å². The summed E-state index contributed by atoms with van der Waals surface area (Å²) in [7, 11) is 0. The molecule has 0 amide bonds. The maximum atomic E-state index is 10.9. The van der Waals surface area contributed by atoms with E-state index in [-0.39, 0.29) is 6.61 Å². The third kappa shape index (κ3) is 3.63. The molecule has 36 valence electrons. The lowest BCUT2D eigenvalue weighted by Crippen LogP contribution is -1.72. The first kappa shape index (κ1) is 5.63. The summed E-state index contributed by atoms with van der Waals surface area (Å²) in [4.78, 5) is 0. The number of aliphatic hydroxyl groups excluding tert-OH is 1. The Morgan fingerprint density at radius 1 is 1.67 bits per heavy atom. The zero-order valence-corrected chi connectivity index (χ0v) is 3.39. The van der Waals surface area contributed by atoms with Gasteiger partial charge in [0.1, 0.15) is 0 Å². The monoisotopic (exact) mass is 90.0 g/mol. The first-order valence-electron chi connectivity index (χ1n) is 1.78. The van der Waals surface area contributed by atoms with Gasteiger partial charge in [-0.3, -0.25) is 0 Å². The van der Waals surface area contributed by atoms with Crippen LogP contribution in [0.4, 0.5) is 4.39 Å². The van der Waals surface area contributed by atoms with E-state index in [1.807, 2.05) is 0 Å². The largest absolute Gasteiger partial charge is 0.396 e. The Hall–Kier alpha value is -0.370. The van der Waals surface area contributed by atoms with Crippen molar-refractivity contribution in [2.24, 2.45) is 0 Å². The van der Waals surface area contributed by atoms with Crippen LogP contribution in [0.25, 0.3) is 0 Å². The van der Waals surface area contributed by atoms with Gasteiger partial charge in [0, 0.05) is 6.61 Å². The number of hydrogen-bond donors (Lipinski definition) is 1. The van der Waals surface area contributed by atoms with Gasteiger partial charge in [-0.05, 0) is 6.42 Å². The average Bonchev–Trinajstić information content (AvgIpc) is 1.61. The lowest BCUT2D eigenvalue weighted by Gasteiger charge is -1.75. The Labute approximate surface area is 36.1 Å². The maximum absolute atomic E-state index is 10.9. The summed E-state index contributed by atoms with van der Waals surface area (Å²) < 4.78 is 10.9. The number of aliphatic hydroxyl groups is 1. The minimum Gasteiger partial charge on any atom is -0.396 e. The molecule has 0 rings (SSSR count). The highest BCUT2D eigenvalue weighted by Crippen LogP contribution is 1.77. The molecule has 0 spiro atoms. The average molecular weight is 90.1 g/mol. The van der Waals surface area contributed by atoms with Gasteiger partial charge in [-0.15, -0.1) is 0 Å². The Bertz CT molecular complexity index is 42.8. The van der Waals surface area contributed by atoms with E-state index in [1.165, 1.54) is 6.08 Å².